The Labute approximate surface area is 216 Å². The van der Waals surface area contributed by atoms with Crippen LogP contribution in [0.2, 0.25) is 0 Å². The van der Waals surface area contributed by atoms with Gasteiger partial charge in [0.2, 0.25) is 5.91 Å². The Kier molecular flexibility index (Phi) is 7.48. The molecule has 196 valence electrons. The van der Waals surface area contributed by atoms with Crippen LogP contribution in [0.4, 0.5) is 0 Å². The summed E-state index contributed by atoms with van der Waals surface area (Å²) in [5.41, 5.74) is 1.27. The summed E-state index contributed by atoms with van der Waals surface area (Å²) in [6.07, 6.45) is 4.74. The van der Waals surface area contributed by atoms with Gasteiger partial charge in [-0.25, -0.2) is 0 Å². The first kappa shape index (κ1) is 24.9. The summed E-state index contributed by atoms with van der Waals surface area (Å²) in [7, 11) is 1.50. The standard InChI is InChI=1S/C28H33N3O6/c1-35-23-11-8-20-13-24(23)36-17-26(32)29-14-19-6-9-21(10-7-19)37-25-16-31(15-22(25)30-28(20)34)27(33)12-18-4-2-3-5-18/h6-11,13,18,22,25H,2-5,12,14-17H2,1H3,(H,29,32)(H,30,34)/t22-,25-/m0/s1. The molecule has 1 saturated heterocycles. The fraction of sp³-hybridized carbons (Fsp3) is 0.464. The maximum Gasteiger partial charge on any atom is 0.258 e. The number of rotatable bonds is 3. The lowest BCUT2D eigenvalue weighted by atomic mass is 10.0. The molecule has 1 aliphatic carbocycles. The third kappa shape index (κ3) is 5.98. The topological polar surface area (TPSA) is 106 Å². The molecule has 6 rings (SSSR count). The van der Waals surface area contributed by atoms with Gasteiger partial charge >= 0.3 is 0 Å². The SMILES string of the molecule is COc1ccc2cc1OCC(=O)NCc1ccc(cc1)O[C@H]1CN(C(=O)CC3CCCC3)C[C@@H]1NC2=O. The van der Waals surface area contributed by atoms with E-state index in [1.807, 2.05) is 29.2 Å². The zero-order chi connectivity index (χ0) is 25.8. The van der Waals surface area contributed by atoms with Gasteiger partial charge in [0.05, 0.1) is 19.7 Å². The van der Waals surface area contributed by atoms with Crippen molar-refractivity contribution >= 4 is 17.7 Å². The van der Waals surface area contributed by atoms with Crippen LogP contribution in [0.1, 0.15) is 48.0 Å². The van der Waals surface area contributed by atoms with Crippen LogP contribution in [-0.2, 0) is 16.1 Å². The second-order valence-electron chi connectivity index (χ2n) is 9.96. The van der Waals surface area contributed by atoms with Crippen LogP contribution >= 0.6 is 0 Å². The lowest BCUT2D eigenvalue weighted by molar-refractivity contribution is -0.131. The summed E-state index contributed by atoms with van der Waals surface area (Å²) in [6.45, 7) is 0.920. The third-order valence-electron chi connectivity index (χ3n) is 7.36. The van der Waals surface area contributed by atoms with Crippen molar-refractivity contribution < 1.29 is 28.6 Å². The van der Waals surface area contributed by atoms with Gasteiger partial charge in [-0.3, -0.25) is 14.4 Å². The molecule has 0 unspecified atom stereocenters. The Morgan fingerprint density at radius 3 is 2.62 bits per heavy atom. The minimum atomic E-state index is -0.397. The van der Waals surface area contributed by atoms with Crippen LogP contribution in [0.5, 0.6) is 17.2 Å². The molecule has 37 heavy (non-hydrogen) atoms. The van der Waals surface area contributed by atoms with E-state index < -0.39 is 6.10 Å². The normalized spacial score (nSPS) is 22.4. The molecule has 9 nitrogen and oxygen atoms in total. The van der Waals surface area contributed by atoms with E-state index in [4.69, 9.17) is 14.2 Å². The fourth-order valence-electron chi connectivity index (χ4n) is 5.26. The van der Waals surface area contributed by atoms with Crippen LogP contribution in [0.15, 0.2) is 42.5 Å². The summed E-state index contributed by atoms with van der Waals surface area (Å²) in [6, 6.07) is 11.9. The highest BCUT2D eigenvalue weighted by Gasteiger charge is 2.38. The number of amides is 3. The molecule has 3 aliphatic heterocycles. The van der Waals surface area contributed by atoms with Crippen molar-refractivity contribution in [1.29, 1.82) is 0 Å². The molecule has 0 radical (unpaired) electrons. The number of hydrogen-bond donors (Lipinski definition) is 2. The number of methoxy groups -OCH3 is 1. The Bertz CT molecular complexity index is 1150. The summed E-state index contributed by atoms with van der Waals surface area (Å²) >= 11 is 0. The van der Waals surface area contributed by atoms with Crippen molar-refractivity contribution in [2.45, 2.75) is 50.8 Å². The van der Waals surface area contributed by atoms with Crippen molar-refractivity contribution in [2.24, 2.45) is 5.92 Å². The molecule has 0 spiro atoms. The van der Waals surface area contributed by atoms with Crippen molar-refractivity contribution in [1.82, 2.24) is 15.5 Å². The maximum absolute atomic E-state index is 13.3. The van der Waals surface area contributed by atoms with Gasteiger partial charge in [-0.15, -0.1) is 0 Å². The Morgan fingerprint density at radius 2 is 1.86 bits per heavy atom. The van der Waals surface area contributed by atoms with Crippen molar-refractivity contribution in [3.8, 4) is 17.2 Å². The summed E-state index contributed by atoms with van der Waals surface area (Å²) < 4.78 is 17.3. The number of benzene rings is 2. The maximum atomic E-state index is 13.3. The number of carbonyl (C=O) groups is 3. The van der Waals surface area contributed by atoms with E-state index in [0.717, 1.165) is 18.4 Å². The molecular formula is C28H33N3O6. The van der Waals surface area contributed by atoms with Gasteiger partial charge in [0.25, 0.3) is 11.8 Å². The van der Waals surface area contributed by atoms with Crippen molar-refractivity contribution in [2.75, 3.05) is 26.8 Å². The monoisotopic (exact) mass is 507 g/mol. The number of carbonyl (C=O) groups excluding carboxylic acids is 3. The van der Waals surface area contributed by atoms with Crippen LogP contribution in [0.3, 0.4) is 0 Å². The minimum absolute atomic E-state index is 0.116. The fourth-order valence-corrected chi connectivity index (χ4v) is 5.26. The van der Waals surface area contributed by atoms with Crippen molar-refractivity contribution in [3.63, 3.8) is 0 Å². The molecule has 4 bridgehead atoms. The molecular weight excluding hydrogens is 474 g/mol. The highest BCUT2D eigenvalue weighted by Crippen LogP contribution is 2.30. The minimum Gasteiger partial charge on any atom is -0.493 e. The first-order valence-electron chi connectivity index (χ1n) is 12.9. The summed E-state index contributed by atoms with van der Waals surface area (Å²) in [4.78, 5) is 40.5. The van der Waals surface area contributed by atoms with E-state index in [2.05, 4.69) is 10.6 Å². The molecule has 3 amide bonds. The molecule has 4 aliphatic rings. The van der Waals surface area contributed by atoms with Crippen LogP contribution in [0.25, 0.3) is 0 Å². The highest BCUT2D eigenvalue weighted by atomic mass is 16.5. The third-order valence-corrected chi connectivity index (χ3v) is 7.36. The smallest absolute Gasteiger partial charge is 0.258 e. The number of hydrogen-bond acceptors (Lipinski definition) is 6. The molecule has 9 heteroatoms. The van der Waals surface area contributed by atoms with E-state index >= 15 is 0 Å². The van der Waals surface area contributed by atoms with E-state index in [1.54, 1.807) is 18.2 Å². The molecule has 0 aromatic heterocycles. The molecule has 2 N–H and O–H groups in total. The van der Waals surface area contributed by atoms with Gasteiger partial charge < -0.3 is 29.7 Å². The number of ether oxygens (including phenoxy) is 3. The van der Waals surface area contributed by atoms with Gasteiger partial charge in [0.15, 0.2) is 18.1 Å². The Morgan fingerprint density at radius 1 is 1.08 bits per heavy atom. The van der Waals surface area contributed by atoms with Gasteiger partial charge in [0.1, 0.15) is 11.9 Å². The average molecular weight is 508 g/mol. The molecule has 2 aromatic carbocycles. The zero-order valence-corrected chi connectivity index (χ0v) is 21.0. The quantitative estimate of drug-likeness (QED) is 0.662. The first-order chi connectivity index (χ1) is 18.0. The molecule has 2 atom stereocenters. The average Bonchev–Trinajstić information content (AvgIpc) is 3.56. The lowest BCUT2D eigenvalue weighted by Crippen LogP contribution is -2.45. The van der Waals surface area contributed by atoms with E-state index in [-0.39, 0.29) is 30.4 Å². The van der Waals surface area contributed by atoms with Crippen LogP contribution < -0.4 is 24.8 Å². The second kappa shape index (κ2) is 11.1. The lowest BCUT2D eigenvalue weighted by Gasteiger charge is -2.21. The number of nitrogens with one attached hydrogen (secondary N) is 2. The molecule has 1 saturated carbocycles. The predicted octanol–water partition coefficient (Wildman–Crippen LogP) is 2.67. The van der Waals surface area contributed by atoms with Gasteiger partial charge in [-0.1, -0.05) is 25.0 Å². The van der Waals surface area contributed by atoms with Crippen LogP contribution in [-0.4, -0.2) is 61.6 Å². The Hall–Kier alpha value is -3.75. The number of nitrogens with zero attached hydrogens (tertiary/aromatic N) is 1. The van der Waals surface area contributed by atoms with Crippen LogP contribution in [0, 0.1) is 5.92 Å². The van der Waals surface area contributed by atoms with E-state index in [9.17, 15) is 14.4 Å². The molecule has 3 heterocycles. The first-order valence-corrected chi connectivity index (χ1v) is 12.9. The highest BCUT2D eigenvalue weighted by molar-refractivity contribution is 5.95. The van der Waals surface area contributed by atoms with Gasteiger partial charge in [-0.2, -0.15) is 0 Å². The number of likely N-dealkylation sites (tertiary alicyclic amines) is 1. The predicted molar refractivity (Wildman–Crippen MR) is 136 cm³/mol. The summed E-state index contributed by atoms with van der Waals surface area (Å²) in [5.74, 6) is 1.31. The van der Waals surface area contributed by atoms with Gasteiger partial charge in [0, 0.05) is 25.1 Å². The largest absolute Gasteiger partial charge is 0.493 e. The molecule has 2 fully saturated rings. The van der Waals surface area contributed by atoms with Crippen molar-refractivity contribution in [3.05, 3.63) is 53.6 Å². The van der Waals surface area contributed by atoms with Gasteiger partial charge in [-0.05, 0) is 54.7 Å². The van der Waals surface area contributed by atoms with E-state index in [0.29, 0.717) is 54.8 Å². The number of fused-ring (bicyclic) bond motifs is 7. The molecule has 2 aromatic rings. The second-order valence-corrected chi connectivity index (χ2v) is 9.96. The zero-order valence-electron chi connectivity index (χ0n) is 21.0. The Balaban J connectivity index is 1.40. The van der Waals surface area contributed by atoms with E-state index in [1.165, 1.54) is 20.0 Å². The summed E-state index contributed by atoms with van der Waals surface area (Å²) in [5, 5.41) is 5.89.